The van der Waals surface area contributed by atoms with Gasteiger partial charge in [0, 0.05) is 29.1 Å². The molecule has 2 N–H and O–H groups in total. The van der Waals surface area contributed by atoms with E-state index in [1.165, 1.54) is 24.8 Å². The van der Waals surface area contributed by atoms with Gasteiger partial charge in [0.1, 0.15) is 18.1 Å². The molecule has 5 nitrogen and oxygen atoms in total. The van der Waals surface area contributed by atoms with Crippen LogP contribution in [-0.2, 0) is 15.7 Å². The Hall–Kier alpha value is -3.34. The summed E-state index contributed by atoms with van der Waals surface area (Å²) in [5.41, 5.74) is 11.0. The predicted molar refractivity (Wildman–Crippen MR) is 116 cm³/mol. The van der Waals surface area contributed by atoms with E-state index in [1.807, 2.05) is 18.3 Å². The van der Waals surface area contributed by atoms with Crippen LogP contribution in [0.25, 0.3) is 11.1 Å². The molecule has 6 rings (SSSR count). The molecule has 0 saturated heterocycles. The van der Waals surface area contributed by atoms with Gasteiger partial charge in [0.15, 0.2) is 5.54 Å². The van der Waals surface area contributed by atoms with E-state index in [0.717, 1.165) is 33.8 Å². The molecule has 0 unspecified atom stereocenters. The highest BCUT2D eigenvalue weighted by atomic mass is 16.5. The summed E-state index contributed by atoms with van der Waals surface area (Å²) < 4.78 is 12.1. The molecule has 1 atom stereocenters. The molecule has 2 aromatic carbocycles. The van der Waals surface area contributed by atoms with Crippen molar-refractivity contribution in [1.29, 1.82) is 0 Å². The number of ether oxygens (including phenoxy) is 2. The van der Waals surface area contributed by atoms with E-state index in [2.05, 4.69) is 48.3 Å². The number of hydrogen-bond donors (Lipinski definition) is 1. The lowest BCUT2D eigenvalue weighted by atomic mass is 9.65. The predicted octanol–water partition coefficient (Wildman–Crippen LogP) is 4.88. The maximum Gasteiger partial charge on any atom is 0.283 e. The summed E-state index contributed by atoms with van der Waals surface area (Å²) in [7, 11) is 0. The molecular weight excluding hydrogens is 374 g/mol. The first-order valence-electron chi connectivity index (χ1n) is 10.4. The Balaban J connectivity index is 1.55. The fraction of sp³-hybridized carbons (Fsp3) is 0.280. The highest BCUT2D eigenvalue weighted by molar-refractivity contribution is 5.78. The second-order valence-corrected chi connectivity index (χ2v) is 8.78. The van der Waals surface area contributed by atoms with Crippen molar-refractivity contribution in [1.82, 2.24) is 4.98 Å². The number of aliphatic imine (C=N–C) groups is 1. The summed E-state index contributed by atoms with van der Waals surface area (Å²) >= 11 is 0. The highest BCUT2D eigenvalue weighted by Gasteiger charge is 2.48. The van der Waals surface area contributed by atoms with Gasteiger partial charge in [-0.15, -0.1) is 0 Å². The minimum Gasteiger partial charge on any atom is -0.462 e. The van der Waals surface area contributed by atoms with Crippen molar-refractivity contribution >= 4 is 6.02 Å². The first kappa shape index (κ1) is 17.5. The fourth-order valence-electron chi connectivity index (χ4n) is 4.94. The van der Waals surface area contributed by atoms with Crippen molar-refractivity contribution in [2.75, 3.05) is 6.61 Å². The Bertz CT molecular complexity index is 1180. The maximum absolute atomic E-state index is 6.33. The smallest absolute Gasteiger partial charge is 0.283 e. The average molecular weight is 397 g/mol. The first-order valence-corrected chi connectivity index (χ1v) is 10.4. The van der Waals surface area contributed by atoms with Crippen molar-refractivity contribution in [3.05, 3.63) is 77.6 Å². The molecule has 1 aromatic heterocycles. The van der Waals surface area contributed by atoms with E-state index in [-0.39, 0.29) is 11.4 Å². The SMILES string of the molecule is CC1(c2ccc3c(c2)[C@]2(COC(N)=N2)c2cc(-c4cccnc4)ccc2O3)CCC1. The van der Waals surface area contributed by atoms with E-state index < -0.39 is 5.54 Å². The zero-order chi connectivity index (χ0) is 20.3. The third-order valence-electron chi connectivity index (χ3n) is 6.95. The van der Waals surface area contributed by atoms with Gasteiger partial charge in [-0.2, -0.15) is 0 Å². The summed E-state index contributed by atoms with van der Waals surface area (Å²) in [6.07, 6.45) is 7.35. The fourth-order valence-corrected chi connectivity index (χ4v) is 4.94. The summed E-state index contributed by atoms with van der Waals surface area (Å²) in [4.78, 5) is 9.10. The van der Waals surface area contributed by atoms with Crippen LogP contribution in [0.4, 0.5) is 0 Å². The number of nitrogens with two attached hydrogens (primary N) is 1. The topological polar surface area (TPSA) is 69.7 Å². The number of rotatable bonds is 2. The Morgan fingerprint density at radius 3 is 2.43 bits per heavy atom. The van der Waals surface area contributed by atoms with Crippen LogP contribution in [0.15, 0.2) is 65.9 Å². The van der Waals surface area contributed by atoms with Crippen molar-refractivity contribution < 1.29 is 9.47 Å². The number of fused-ring (bicyclic) bond motifs is 4. The molecule has 1 aliphatic carbocycles. The van der Waals surface area contributed by atoms with Gasteiger partial charge >= 0.3 is 0 Å². The molecule has 0 bridgehead atoms. The lowest BCUT2D eigenvalue weighted by Crippen LogP contribution is -2.34. The summed E-state index contributed by atoms with van der Waals surface area (Å²) in [5, 5.41) is 0. The molecule has 1 spiro atoms. The van der Waals surface area contributed by atoms with Crippen LogP contribution in [0.1, 0.15) is 42.9 Å². The third-order valence-corrected chi connectivity index (χ3v) is 6.95. The molecule has 30 heavy (non-hydrogen) atoms. The number of nitrogens with zero attached hydrogens (tertiary/aromatic N) is 2. The zero-order valence-corrected chi connectivity index (χ0v) is 16.9. The van der Waals surface area contributed by atoms with Gasteiger partial charge in [-0.25, -0.2) is 4.99 Å². The lowest BCUT2D eigenvalue weighted by molar-refractivity contribution is 0.259. The van der Waals surface area contributed by atoms with Gasteiger partial charge in [-0.05, 0) is 59.7 Å². The van der Waals surface area contributed by atoms with E-state index in [0.29, 0.717) is 6.61 Å². The Morgan fingerprint density at radius 2 is 1.77 bits per heavy atom. The number of pyridine rings is 1. The van der Waals surface area contributed by atoms with Gasteiger partial charge in [0.25, 0.3) is 6.02 Å². The highest BCUT2D eigenvalue weighted by Crippen LogP contribution is 2.53. The average Bonchev–Trinajstić information content (AvgIpc) is 3.15. The monoisotopic (exact) mass is 397 g/mol. The van der Waals surface area contributed by atoms with E-state index in [1.54, 1.807) is 6.20 Å². The molecule has 5 heteroatoms. The van der Waals surface area contributed by atoms with Gasteiger partial charge in [-0.3, -0.25) is 4.98 Å². The Morgan fingerprint density at radius 1 is 0.967 bits per heavy atom. The molecule has 1 saturated carbocycles. The molecule has 3 aromatic rings. The number of hydrogen-bond acceptors (Lipinski definition) is 5. The minimum atomic E-state index is -0.693. The second-order valence-electron chi connectivity index (χ2n) is 8.78. The quantitative estimate of drug-likeness (QED) is 0.669. The molecule has 0 radical (unpaired) electrons. The van der Waals surface area contributed by atoms with Crippen LogP contribution in [0.3, 0.4) is 0 Å². The number of amidine groups is 1. The Labute approximate surface area is 175 Å². The van der Waals surface area contributed by atoms with Crippen LogP contribution in [0, 0.1) is 0 Å². The molecule has 150 valence electrons. The minimum absolute atomic E-state index is 0.223. The van der Waals surface area contributed by atoms with Crippen LogP contribution in [0.5, 0.6) is 11.5 Å². The van der Waals surface area contributed by atoms with Gasteiger partial charge in [-0.1, -0.05) is 31.5 Å². The molecule has 3 heterocycles. The molecule has 1 fully saturated rings. The van der Waals surface area contributed by atoms with Crippen LogP contribution in [-0.4, -0.2) is 17.6 Å². The number of aromatic nitrogens is 1. The Kier molecular flexibility index (Phi) is 3.55. The van der Waals surface area contributed by atoms with Crippen molar-refractivity contribution in [3.63, 3.8) is 0 Å². The second kappa shape index (κ2) is 6.08. The molecule has 0 amide bonds. The maximum atomic E-state index is 6.33. The van der Waals surface area contributed by atoms with Crippen molar-refractivity contribution in [2.45, 2.75) is 37.1 Å². The standard InChI is InChI=1S/C25H23N3O2/c1-24(9-3-10-24)18-6-8-22-20(13-18)25(15-29-23(26)28-25)19-12-16(5-7-21(19)30-22)17-4-2-11-27-14-17/h2,4-8,11-14H,3,9-10,15H2,1H3,(H2,26,28)/t25-/m0/s1. The third kappa shape index (κ3) is 2.41. The van der Waals surface area contributed by atoms with Crippen LogP contribution < -0.4 is 10.5 Å². The normalized spacial score (nSPS) is 22.9. The van der Waals surface area contributed by atoms with Gasteiger partial charge in [0.2, 0.25) is 0 Å². The van der Waals surface area contributed by atoms with Crippen molar-refractivity contribution in [2.24, 2.45) is 10.7 Å². The summed E-state index contributed by atoms with van der Waals surface area (Å²) in [5.74, 6) is 1.62. The van der Waals surface area contributed by atoms with E-state index in [9.17, 15) is 0 Å². The van der Waals surface area contributed by atoms with Gasteiger partial charge in [0.05, 0.1) is 0 Å². The first-order chi connectivity index (χ1) is 14.6. The number of benzene rings is 2. The summed E-state index contributed by atoms with van der Waals surface area (Å²) in [6, 6.07) is 17.0. The van der Waals surface area contributed by atoms with E-state index in [4.69, 9.17) is 20.2 Å². The molecular formula is C25H23N3O2. The van der Waals surface area contributed by atoms with Crippen LogP contribution in [0.2, 0.25) is 0 Å². The summed E-state index contributed by atoms with van der Waals surface area (Å²) in [6.45, 7) is 2.71. The lowest BCUT2D eigenvalue weighted by Gasteiger charge is -2.41. The van der Waals surface area contributed by atoms with Crippen molar-refractivity contribution in [3.8, 4) is 22.6 Å². The zero-order valence-electron chi connectivity index (χ0n) is 16.9. The van der Waals surface area contributed by atoms with Gasteiger partial charge < -0.3 is 15.2 Å². The van der Waals surface area contributed by atoms with E-state index >= 15 is 0 Å². The van der Waals surface area contributed by atoms with Crippen LogP contribution >= 0.6 is 0 Å². The largest absolute Gasteiger partial charge is 0.462 e. The molecule has 3 aliphatic rings. The molecule has 2 aliphatic heterocycles.